The Bertz CT molecular complexity index is 294. The van der Waals surface area contributed by atoms with Crippen LogP contribution in [0.5, 0.6) is 0 Å². The summed E-state index contributed by atoms with van der Waals surface area (Å²) < 4.78 is 0. The number of rotatable bonds is 5. The van der Waals surface area contributed by atoms with Crippen LogP contribution in [0.25, 0.3) is 12.2 Å². The highest BCUT2D eigenvalue weighted by atomic mass is 32.1. The molecule has 0 aromatic carbocycles. The molecule has 0 aliphatic rings. The summed E-state index contributed by atoms with van der Waals surface area (Å²) in [7, 11) is 0. The molecule has 0 bridgehead atoms. The minimum atomic E-state index is 1.17. The smallest absolute Gasteiger partial charge is 0.0302 e. The molecule has 1 heterocycles. The van der Waals surface area contributed by atoms with Crippen LogP contribution < -0.4 is 0 Å². The molecule has 1 rings (SSSR count). The van der Waals surface area contributed by atoms with Gasteiger partial charge in [0.15, 0.2) is 0 Å². The lowest BCUT2D eigenvalue weighted by atomic mass is 10.1. The molecule has 13 heavy (non-hydrogen) atoms. The van der Waals surface area contributed by atoms with Crippen LogP contribution in [0.3, 0.4) is 0 Å². The molecular formula is C12H16S. The molecule has 1 heteroatoms. The van der Waals surface area contributed by atoms with Crippen molar-refractivity contribution in [2.75, 3.05) is 0 Å². The predicted octanol–water partition coefficient (Wildman–Crippen LogP) is 4.38. The Morgan fingerprint density at radius 1 is 1.38 bits per heavy atom. The molecule has 0 saturated carbocycles. The van der Waals surface area contributed by atoms with E-state index in [1.165, 1.54) is 34.6 Å². The Balaban J connectivity index is 2.83. The molecule has 1 aromatic heterocycles. The Kier molecular flexibility index (Phi) is 3.97. The van der Waals surface area contributed by atoms with Gasteiger partial charge in [-0.25, -0.2) is 0 Å². The van der Waals surface area contributed by atoms with Crippen molar-refractivity contribution in [1.29, 1.82) is 0 Å². The summed E-state index contributed by atoms with van der Waals surface area (Å²) in [4.78, 5) is 2.56. The van der Waals surface area contributed by atoms with E-state index in [0.29, 0.717) is 0 Å². The third-order valence-corrected chi connectivity index (χ3v) is 3.22. The van der Waals surface area contributed by atoms with E-state index in [0.717, 1.165) is 0 Å². The van der Waals surface area contributed by atoms with Crippen molar-refractivity contribution >= 4 is 23.5 Å². The lowest BCUT2D eigenvalue weighted by Gasteiger charge is -1.96. The van der Waals surface area contributed by atoms with E-state index in [2.05, 4.69) is 26.1 Å². The Labute approximate surface area is 84.6 Å². The SMILES string of the molecule is C=Cc1cc(CCCC)c(C=C)s1. The van der Waals surface area contributed by atoms with E-state index in [1.54, 1.807) is 11.3 Å². The van der Waals surface area contributed by atoms with Crippen molar-refractivity contribution in [2.45, 2.75) is 26.2 Å². The molecular weight excluding hydrogens is 176 g/mol. The molecule has 0 radical (unpaired) electrons. The topological polar surface area (TPSA) is 0 Å². The van der Waals surface area contributed by atoms with Crippen molar-refractivity contribution < 1.29 is 0 Å². The van der Waals surface area contributed by atoms with Gasteiger partial charge in [-0.3, -0.25) is 0 Å². The van der Waals surface area contributed by atoms with E-state index in [9.17, 15) is 0 Å². The summed E-state index contributed by atoms with van der Waals surface area (Å²) >= 11 is 1.77. The Morgan fingerprint density at radius 2 is 2.15 bits per heavy atom. The van der Waals surface area contributed by atoms with Gasteiger partial charge in [0, 0.05) is 9.75 Å². The second kappa shape index (κ2) is 5.03. The highest BCUT2D eigenvalue weighted by molar-refractivity contribution is 7.13. The summed E-state index contributed by atoms with van der Waals surface area (Å²) in [6, 6.07) is 2.23. The van der Waals surface area contributed by atoms with Gasteiger partial charge < -0.3 is 0 Å². The van der Waals surface area contributed by atoms with Gasteiger partial charge in [-0.05, 0) is 24.5 Å². The summed E-state index contributed by atoms with van der Waals surface area (Å²) in [5.74, 6) is 0. The number of thiophene rings is 1. The fourth-order valence-corrected chi connectivity index (χ4v) is 2.21. The maximum atomic E-state index is 3.82. The Hall–Kier alpha value is -0.820. The zero-order valence-electron chi connectivity index (χ0n) is 8.18. The molecule has 0 aliphatic heterocycles. The average Bonchev–Trinajstić information content (AvgIpc) is 2.57. The quantitative estimate of drug-likeness (QED) is 0.649. The maximum Gasteiger partial charge on any atom is 0.0302 e. The molecule has 70 valence electrons. The molecule has 0 spiro atoms. The largest absolute Gasteiger partial charge is 0.136 e. The van der Waals surface area contributed by atoms with Crippen LogP contribution in [0.1, 0.15) is 35.1 Å². The van der Waals surface area contributed by atoms with Crippen LogP contribution in [0, 0.1) is 0 Å². The molecule has 0 unspecified atom stereocenters. The summed E-state index contributed by atoms with van der Waals surface area (Å²) in [6.07, 6.45) is 7.53. The number of unbranched alkanes of at least 4 members (excludes halogenated alkanes) is 1. The van der Waals surface area contributed by atoms with Crippen molar-refractivity contribution in [3.63, 3.8) is 0 Å². The predicted molar refractivity (Wildman–Crippen MR) is 63.1 cm³/mol. The minimum absolute atomic E-state index is 1.17. The summed E-state index contributed by atoms with van der Waals surface area (Å²) in [5.41, 5.74) is 1.43. The fraction of sp³-hybridized carbons (Fsp3) is 0.333. The minimum Gasteiger partial charge on any atom is -0.136 e. The second-order valence-electron chi connectivity index (χ2n) is 3.05. The van der Waals surface area contributed by atoms with Gasteiger partial charge in [0.25, 0.3) is 0 Å². The van der Waals surface area contributed by atoms with Crippen molar-refractivity contribution in [2.24, 2.45) is 0 Å². The normalized spacial score (nSPS) is 9.92. The van der Waals surface area contributed by atoms with Crippen LogP contribution in [0.4, 0.5) is 0 Å². The van der Waals surface area contributed by atoms with E-state index >= 15 is 0 Å². The number of aryl methyl sites for hydroxylation is 1. The van der Waals surface area contributed by atoms with Crippen LogP contribution in [-0.4, -0.2) is 0 Å². The van der Waals surface area contributed by atoms with Crippen LogP contribution in [-0.2, 0) is 6.42 Å². The number of hydrogen-bond acceptors (Lipinski definition) is 1. The van der Waals surface area contributed by atoms with Gasteiger partial charge in [-0.1, -0.05) is 38.7 Å². The van der Waals surface area contributed by atoms with E-state index in [4.69, 9.17) is 0 Å². The van der Waals surface area contributed by atoms with Crippen LogP contribution in [0.15, 0.2) is 19.2 Å². The highest BCUT2D eigenvalue weighted by Crippen LogP contribution is 2.25. The fourth-order valence-electron chi connectivity index (χ4n) is 1.30. The highest BCUT2D eigenvalue weighted by Gasteiger charge is 2.03. The molecule has 0 N–H and O–H groups in total. The van der Waals surface area contributed by atoms with Crippen molar-refractivity contribution in [3.8, 4) is 0 Å². The first-order valence-corrected chi connectivity index (χ1v) is 5.51. The molecule has 0 nitrogen and oxygen atoms in total. The Morgan fingerprint density at radius 3 is 2.69 bits per heavy atom. The molecule has 0 fully saturated rings. The standard InChI is InChI=1S/C12H16S/c1-4-7-8-10-9-11(5-2)13-12(10)6-3/h5-6,9H,2-4,7-8H2,1H3. The van der Waals surface area contributed by atoms with Crippen molar-refractivity contribution in [1.82, 2.24) is 0 Å². The van der Waals surface area contributed by atoms with E-state index in [-0.39, 0.29) is 0 Å². The third kappa shape index (κ3) is 2.56. The van der Waals surface area contributed by atoms with Gasteiger partial charge in [0.05, 0.1) is 0 Å². The van der Waals surface area contributed by atoms with Gasteiger partial charge in [-0.15, -0.1) is 11.3 Å². The lowest BCUT2D eigenvalue weighted by Crippen LogP contribution is -1.82. The monoisotopic (exact) mass is 192 g/mol. The molecule has 0 amide bonds. The van der Waals surface area contributed by atoms with Crippen LogP contribution >= 0.6 is 11.3 Å². The van der Waals surface area contributed by atoms with Gasteiger partial charge in [0.2, 0.25) is 0 Å². The first-order chi connectivity index (χ1) is 6.31. The second-order valence-corrected chi connectivity index (χ2v) is 4.17. The first kappa shape index (κ1) is 10.3. The van der Waals surface area contributed by atoms with Crippen LogP contribution in [0.2, 0.25) is 0 Å². The zero-order chi connectivity index (χ0) is 9.68. The molecule has 0 atom stereocenters. The molecule has 0 saturated heterocycles. The summed E-state index contributed by atoms with van der Waals surface area (Å²) in [6.45, 7) is 9.82. The maximum absolute atomic E-state index is 3.82. The summed E-state index contributed by atoms with van der Waals surface area (Å²) in [5, 5.41) is 0. The third-order valence-electron chi connectivity index (χ3n) is 2.05. The average molecular weight is 192 g/mol. The first-order valence-electron chi connectivity index (χ1n) is 4.69. The van der Waals surface area contributed by atoms with Gasteiger partial charge >= 0.3 is 0 Å². The molecule has 0 aliphatic carbocycles. The van der Waals surface area contributed by atoms with E-state index in [1.807, 2.05) is 12.2 Å². The lowest BCUT2D eigenvalue weighted by molar-refractivity contribution is 0.796. The van der Waals surface area contributed by atoms with Gasteiger partial charge in [0.1, 0.15) is 0 Å². The van der Waals surface area contributed by atoms with Gasteiger partial charge in [-0.2, -0.15) is 0 Å². The molecule has 1 aromatic rings. The zero-order valence-corrected chi connectivity index (χ0v) is 8.99. The number of hydrogen-bond donors (Lipinski definition) is 0. The van der Waals surface area contributed by atoms with E-state index < -0.39 is 0 Å². The van der Waals surface area contributed by atoms with Crippen molar-refractivity contribution in [3.05, 3.63) is 34.5 Å².